The number of amides is 1. The first-order valence-corrected chi connectivity index (χ1v) is 4.68. The van der Waals surface area contributed by atoms with Crippen LogP contribution in [0.5, 0.6) is 0 Å². The van der Waals surface area contributed by atoms with Crippen LogP contribution in [0.25, 0.3) is 0 Å². The van der Waals surface area contributed by atoms with Crippen molar-refractivity contribution >= 4 is 12.1 Å². The Morgan fingerprint density at radius 2 is 1.93 bits per heavy atom. The molecule has 1 heterocycles. The van der Waals surface area contributed by atoms with Gasteiger partial charge in [-0.2, -0.15) is 0 Å². The Kier molecular flexibility index (Phi) is 2.19. The molecule has 0 aromatic heterocycles. The van der Waals surface area contributed by atoms with Crippen LogP contribution in [0.1, 0.15) is 12.5 Å². The van der Waals surface area contributed by atoms with Crippen LogP contribution >= 0.6 is 0 Å². The van der Waals surface area contributed by atoms with E-state index < -0.39 is 17.6 Å². The molecule has 1 aliphatic heterocycles. The van der Waals surface area contributed by atoms with Gasteiger partial charge in [-0.25, -0.2) is 9.59 Å². The van der Waals surface area contributed by atoms with Gasteiger partial charge in [0, 0.05) is 6.42 Å². The van der Waals surface area contributed by atoms with Gasteiger partial charge >= 0.3 is 12.1 Å². The van der Waals surface area contributed by atoms with Gasteiger partial charge in [-0.1, -0.05) is 30.3 Å². The Morgan fingerprint density at radius 1 is 1.27 bits per heavy atom. The Labute approximate surface area is 87.2 Å². The maximum atomic E-state index is 11.4. The fourth-order valence-electron chi connectivity index (χ4n) is 1.62. The molecule has 1 amide bonds. The minimum atomic E-state index is -0.932. The van der Waals surface area contributed by atoms with Crippen LogP contribution in [0.15, 0.2) is 30.3 Å². The van der Waals surface area contributed by atoms with Gasteiger partial charge in [0.1, 0.15) is 5.54 Å². The lowest BCUT2D eigenvalue weighted by Crippen LogP contribution is -2.45. The molecule has 78 valence electrons. The van der Waals surface area contributed by atoms with Crippen molar-refractivity contribution < 1.29 is 14.3 Å². The zero-order chi connectivity index (χ0) is 10.9. The molecule has 1 fully saturated rings. The first kappa shape index (κ1) is 9.71. The molecular formula is C11H11NO3. The summed E-state index contributed by atoms with van der Waals surface area (Å²) in [5, 5.41) is 2.52. The second-order valence-corrected chi connectivity index (χ2v) is 3.80. The summed E-state index contributed by atoms with van der Waals surface area (Å²) in [5.41, 5.74) is 0.0532. The Bertz CT molecular complexity index is 402. The van der Waals surface area contributed by atoms with E-state index in [2.05, 4.69) is 10.1 Å². The molecule has 0 unspecified atom stereocenters. The summed E-state index contributed by atoms with van der Waals surface area (Å²) in [4.78, 5) is 22.3. The van der Waals surface area contributed by atoms with E-state index in [1.165, 1.54) is 0 Å². The van der Waals surface area contributed by atoms with Crippen LogP contribution in [-0.4, -0.2) is 17.6 Å². The van der Waals surface area contributed by atoms with E-state index in [0.717, 1.165) is 5.56 Å². The highest BCUT2D eigenvalue weighted by Gasteiger charge is 2.44. The summed E-state index contributed by atoms with van der Waals surface area (Å²) in [6.45, 7) is 1.66. The van der Waals surface area contributed by atoms with Crippen LogP contribution in [0.4, 0.5) is 4.79 Å². The lowest BCUT2D eigenvalue weighted by molar-refractivity contribution is -0.138. The number of hydrogen-bond acceptors (Lipinski definition) is 3. The third kappa shape index (κ3) is 1.83. The molecular weight excluding hydrogens is 194 g/mol. The van der Waals surface area contributed by atoms with E-state index in [1.54, 1.807) is 6.92 Å². The minimum absolute atomic E-state index is 0.443. The van der Waals surface area contributed by atoms with Crippen molar-refractivity contribution in [2.24, 2.45) is 0 Å². The molecule has 0 saturated carbocycles. The van der Waals surface area contributed by atoms with E-state index in [-0.39, 0.29) is 0 Å². The summed E-state index contributed by atoms with van der Waals surface area (Å²) in [5.74, 6) is -0.517. The van der Waals surface area contributed by atoms with Crippen molar-refractivity contribution in [1.29, 1.82) is 0 Å². The predicted octanol–water partition coefficient (Wildman–Crippen LogP) is 1.25. The van der Waals surface area contributed by atoms with Gasteiger partial charge in [0.05, 0.1) is 0 Å². The topological polar surface area (TPSA) is 55.4 Å². The standard InChI is InChI=1S/C11H11NO3/c1-11(9(13)15-10(14)12-11)7-8-5-3-2-4-6-8/h2-6H,7H2,1H3,(H,12,14)/t11-/m1/s1. The molecule has 15 heavy (non-hydrogen) atoms. The molecule has 1 atom stereocenters. The van der Waals surface area contributed by atoms with Gasteiger partial charge < -0.3 is 10.1 Å². The van der Waals surface area contributed by atoms with Crippen molar-refractivity contribution in [2.45, 2.75) is 18.9 Å². The Balaban J connectivity index is 2.18. The van der Waals surface area contributed by atoms with E-state index >= 15 is 0 Å². The summed E-state index contributed by atoms with van der Waals surface area (Å²) in [6.07, 6.45) is -0.225. The number of esters is 1. The molecule has 2 rings (SSSR count). The van der Waals surface area contributed by atoms with Gasteiger partial charge in [-0.15, -0.1) is 0 Å². The molecule has 4 nitrogen and oxygen atoms in total. The number of carbonyl (C=O) groups excluding carboxylic acids is 2. The summed E-state index contributed by atoms with van der Waals surface area (Å²) in [7, 11) is 0. The second kappa shape index (κ2) is 3.38. The van der Waals surface area contributed by atoms with Crippen LogP contribution in [0.2, 0.25) is 0 Å². The van der Waals surface area contributed by atoms with Crippen LogP contribution in [0, 0.1) is 0 Å². The van der Waals surface area contributed by atoms with Crippen LogP contribution < -0.4 is 5.32 Å². The van der Waals surface area contributed by atoms with E-state index in [9.17, 15) is 9.59 Å². The third-order valence-electron chi connectivity index (χ3n) is 2.41. The van der Waals surface area contributed by atoms with Gasteiger partial charge in [0.15, 0.2) is 0 Å². The van der Waals surface area contributed by atoms with Crippen LogP contribution in [-0.2, 0) is 16.0 Å². The molecule has 0 aliphatic carbocycles. The van der Waals surface area contributed by atoms with Crippen molar-refractivity contribution in [2.75, 3.05) is 0 Å². The average molecular weight is 205 g/mol. The molecule has 1 saturated heterocycles. The van der Waals surface area contributed by atoms with Gasteiger partial charge in [-0.3, -0.25) is 0 Å². The lowest BCUT2D eigenvalue weighted by atomic mass is 9.94. The fraction of sp³-hybridized carbons (Fsp3) is 0.273. The van der Waals surface area contributed by atoms with E-state index in [0.29, 0.717) is 6.42 Å². The molecule has 1 aliphatic rings. The van der Waals surface area contributed by atoms with Crippen LogP contribution in [0.3, 0.4) is 0 Å². The summed E-state index contributed by atoms with van der Waals surface area (Å²) >= 11 is 0. The quantitative estimate of drug-likeness (QED) is 0.584. The zero-order valence-electron chi connectivity index (χ0n) is 8.32. The van der Waals surface area contributed by atoms with Crippen molar-refractivity contribution in [3.05, 3.63) is 35.9 Å². The van der Waals surface area contributed by atoms with Gasteiger partial charge in [0.2, 0.25) is 0 Å². The summed E-state index contributed by atoms with van der Waals surface area (Å²) in [6, 6.07) is 9.49. The highest BCUT2D eigenvalue weighted by Crippen LogP contribution is 2.19. The monoisotopic (exact) mass is 205 g/mol. The Morgan fingerprint density at radius 3 is 2.47 bits per heavy atom. The normalized spacial score (nSPS) is 24.9. The largest absolute Gasteiger partial charge is 0.415 e. The molecule has 4 heteroatoms. The Hall–Kier alpha value is -1.84. The zero-order valence-corrected chi connectivity index (χ0v) is 8.32. The highest BCUT2D eigenvalue weighted by atomic mass is 16.6. The smallest absolute Gasteiger partial charge is 0.374 e. The van der Waals surface area contributed by atoms with Crippen molar-refractivity contribution in [1.82, 2.24) is 5.32 Å². The molecule has 1 N–H and O–H groups in total. The molecule has 1 aromatic carbocycles. The van der Waals surface area contributed by atoms with Crippen molar-refractivity contribution in [3.8, 4) is 0 Å². The number of hydrogen-bond donors (Lipinski definition) is 1. The number of benzene rings is 1. The first-order chi connectivity index (χ1) is 7.10. The fourth-order valence-corrected chi connectivity index (χ4v) is 1.62. The lowest BCUT2D eigenvalue weighted by Gasteiger charge is -2.18. The number of cyclic esters (lactones) is 2. The molecule has 0 bridgehead atoms. The van der Waals surface area contributed by atoms with E-state index in [4.69, 9.17) is 0 Å². The SMILES string of the molecule is C[C@]1(Cc2ccccc2)NC(=O)OC1=O. The van der Waals surface area contributed by atoms with Gasteiger partial charge in [0.25, 0.3) is 0 Å². The summed E-state index contributed by atoms with van der Waals surface area (Å²) < 4.78 is 4.46. The van der Waals surface area contributed by atoms with Gasteiger partial charge in [-0.05, 0) is 12.5 Å². The maximum absolute atomic E-state index is 11.4. The number of alkyl carbamates (subject to hydrolysis) is 1. The number of carbonyl (C=O) groups is 2. The molecule has 1 aromatic rings. The molecule has 0 spiro atoms. The second-order valence-electron chi connectivity index (χ2n) is 3.80. The highest BCUT2D eigenvalue weighted by molar-refractivity contribution is 5.98. The molecule has 0 radical (unpaired) electrons. The predicted molar refractivity (Wildman–Crippen MR) is 53.2 cm³/mol. The third-order valence-corrected chi connectivity index (χ3v) is 2.41. The minimum Gasteiger partial charge on any atom is -0.374 e. The number of nitrogens with one attached hydrogen (secondary N) is 1. The number of ether oxygens (including phenoxy) is 1. The average Bonchev–Trinajstić information content (AvgIpc) is 2.41. The maximum Gasteiger partial charge on any atom is 0.415 e. The van der Waals surface area contributed by atoms with E-state index in [1.807, 2.05) is 30.3 Å². The number of rotatable bonds is 2. The van der Waals surface area contributed by atoms with Crippen molar-refractivity contribution in [3.63, 3.8) is 0 Å². The first-order valence-electron chi connectivity index (χ1n) is 4.68.